The van der Waals surface area contributed by atoms with Crippen LogP contribution in [0.3, 0.4) is 0 Å². The first-order valence-corrected chi connectivity index (χ1v) is 6.72. The van der Waals surface area contributed by atoms with Crippen LogP contribution in [0, 0.1) is 0 Å². The van der Waals surface area contributed by atoms with Gasteiger partial charge in [-0.1, -0.05) is 0 Å². The van der Waals surface area contributed by atoms with Gasteiger partial charge in [-0.15, -0.1) is 0 Å². The van der Waals surface area contributed by atoms with Gasteiger partial charge in [0, 0.05) is 32.2 Å². The van der Waals surface area contributed by atoms with E-state index in [0.29, 0.717) is 17.5 Å². The van der Waals surface area contributed by atoms with Crippen molar-refractivity contribution in [3.63, 3.8) is 0 Å². The highest BCUT2D eigenvalue weighted by Crippen LogP contribution is 2.17. The van der Waals surface area contributed by atoms with Gasteiger partial charge in [0.25, 0.3) is 0 Å². The molecule has 0 spiro atoms. The van der Waals surface area contributed by atoms with E-state index in [2.05, 4.69) is 49.1 Å². The van der Waals surface area contributed by atoms with Gasteiger partial charge >= 0.3 is 0 Å². The van der Waals surface area contributed by atoms with E-state index in [1.807, 2.05) is 0 Å². The quantitative estimate of drug-likeness (QED) is 0.701. The minimum atomic E-state index is 0.237. The molecule has 8 heteroatoms. The maximum Gasteiger partial charge on any atom is 0.224 e. The SMILES string of the molecule is CN1CCN(C)C(CNc2nc(N)nc3nc[nH]c23)C1. The van der Waals surface area contributed by atoms with Gasteiger partial charge in [-0.05, 0) is 14.1 Å². The van der Waals surface area contributed by atoms with E-state index < -0.39 is 0 Å². The molecule has 3 heterocycles. The smallest absolute Gasteiger partial charge is 0.224 e. The van der Waals surface area contributed by atoms with Crippen molar-refractivity contribution in [2.24, 2.45) is 0 Å². The van der Waals surface area contributed by atoms with E-state index in [4.69, 9.17) is 5.73 Å². The highest BCUT2D eigenvalue weighted by molar-refractivity contribution is 5.83. The van der Waals surface area contributed by atoms with Crippen LogP contribution in [0.25, 0.3) is 11.2 Å². The van der Waals surface area contributed by atoms with Crippen LogP contribution >= 0.6 is 0 Å². The molecular weight excluding hydrogens is 256 g/mol. The van der Waals surface area contributed by atoms with Crippen LogP contribution in [0.1, 0.15) is 0 Å². The van der Waals surface area contributed by atoms with E-state index in [1.54, 1.807) is 6.33 Å². The lowest BCUT2D eigenvalue weighted by atomic mass is 10.2. The number of nitrogens with two attached hydrogens (primary N) is 1. The topological polar surface area (TPSA) is 99.0 Å². The second-order valence-corrected chi connectivity index (χ2v) is 5.31. The van der Waals surface area contributed by atoms with Crippen molar-refractivity contribution in [2.75, 3.05) is 51.3 Å². The third kappa shape index (κ3) is 2.52. The monoisotopic (exact) mass is 276 g/mol. The van der Waals surface area contributed by atoms with Gasteiger partial charge < -0.3 is 20.9 Å². The molecule has 0 aromatic carbocycles. The highest BCUT2D eigenvalue weighted by Gasteiger charge is 2.22. The first kappa shape index (κ1) is 13.1. The molecular formula is C12H20N8. The Morgan fingerprint density at radius 2 is 2.25 bits per heavy atom. The average Bonchev–Trinajstić information content (AvgIpc) is 2.87. The molecule has 2 aromatic heterocycles. The summed E-state index contributed by atoms with van der Waals surface area (Å²) in [6.07, 6.45) is 1.60. The van der Waals surface area contributed by atoms with E-state index in [1.165, 1.54) is 0 Å². The third-order valence-electron chi connectivity index (χ3n) is 3.79. The van der Waals surface area contributed by atoms with Crippen molar-refractivity contribution in [3.8, 4) is 0 Å². The number of piperazine rings is 1. The summed E-state index contributed by atoms with van der Waals surface area (Å²) in [5.74, 6) is 0.952. The molecule has 1 unspecified atom stereocenters. The lowest BCUT2D eigenvalue weighted by Gasteiger charge is -2.37. The molecule has 3 rings (SSSR count). The Bertz CT molecular complexity index is 594. The number of imidazole rings is 1. The number of nitrogen functional groups attached to an aromatic ring is 1. The second kappa shape index (κ2) is 5.22. The summed E-state index contributed by atoms with van der Waals surface area (Å²) in [5.41, 5.74) is 7.10. The zero-order chi connectivity index (χ0) is 14.1. The lowest BCUT2D eigenvalue weighted by Crippen LogP contribution is -2.52. The fourth-order valence-corrected chi connectivity index (χ4v) is 2.51. The number of nitrogens with one attached hydrogen (secondary N) is 2. The number of fused-ring (bicyclic) bond motifs is 1. The summed E-state index contributed by atoms with van der Waals surface area (Å²) < 4.78 is 0. The Morgan fingerprint density at radius 3 is 3.10 bits per heavy atom. The number of rotatable bonds is 3. The molecule has 8 nitrogen and oxygen atoms in total. The largest absolute Gasteiger partial charge is 0.368 e. The summed E-state index contributed by atoms with van der Waals surface area (Å²) in [5, 5.41) is 3.36. The molecule has 1 saturated heterocycles. The number of hydrogen-bond acceptors (Lipinski definition) is 7. The zero-order valence-corrected chi connectivity index (χ0v) is 11.8. The molecule has 2 aromatic rings. The number of aromatic nitrogens is 4. The number of nitrogens with zero attached hydrogens (tertiary/aromatic N) is 5. The maximum absolute atomic E-state index is 5.71. The summed E-state index contributed by atoms with van der Waals surface area (Å²) in [4.78, 5) is 20.2. The average molecular weight is 276 g/mol. The number of aromatic amines is 1. The van der Waals surface area contributed by atoms with Crippen LogP contribution in [0.4, 0.5) is 11.8 Å². The zero-order valence-electron chi connectivity index (χ0n) is 11.8. The van der Waals surface area contributed by atoms with Gasteiger partial charge in [0.15, 0.2) is 11.5 Å². The number of hydrogen-bond donors (Lipinski definition) is 3. The predicted octanol–water partition coefficient (Wildman–Crippen LogP) is -0.407. The highest BCUT2D eigenvalue weighted by atomic mass is 15.3. The Kier molecular flexibility index (Phi) is 3.41. The molecule has 1 fully saturated rings. The van der Waals surface area contributed by atoms with Crippen molar-refractivity contribution in [1.82, 2.24) is 29.7 Å². The first-order valence-electron chi connectivity index (χ1n) is 6.72. The summed E-state index contributed by atoms with van der Waals surface area (Å²) in [7, 11) is 4.30. The van der Waals surface area contributed by atoms with Crippen molar-refractivity contribution in [3.05, 3.63) is 6.33 Å². The molecule has 1 aliphatic rings. The van der Waals surface area contributed by atoms with Crippen LogP contribution < -0.4 is 11.1 Å². The Morgan fingerprint density at radius 1 is 1.40 bits per heavy atom. The fourth-order valence-electron chi connectivity index (χ4n) is 2.51. The Hall–Kier alpha value is -1.93. The molecule has 1 aliphatic heterocycles. The molecule has 1 atom stereocenters. The van der Waals surface area contributed by atoms with Crippen LogP contribution in [0.15, 0.2) is 6.33 Å². The minimum absolute atomic E-state index is 0.237. The molecule has 0 saturated carbocycles. The normalized spacial score (nSPS) is 21.4. The Balaban J connectivity index is 1.74. The third-order valence-corrected chi connectivity index (χ3v) is 3.79. The fraction of sp³-hybridized carbons (Fsp3) is 0.583. The van der Waals surface area contributed by atoms with Gasteiger partial charge in [-0.25, -0.2) is 4.98 Å². The van der Waals surface area contributed by atoms with Gasteiger partial charge in [-0.3, -0.25) is 4.90 Å². The molecule has 0 bridgehead atoms. The van der Waals surface area contributed by atoms with Crippen LogP contribution in [-0.4, -0.2) is 76.1 Å². The van der Waals surface area contributed by atoms with Crippen LogP contribution in [0.2, 0.25) is 0 Å². The lowest BCUT2D eigenvalue weighted by molar-refractivity contribution is 0.122. The van der Waals surface area contributed by atoms with E-state index >= 15 is 0 Å². The molecule has 0 aliphatic carbocycles. The van der Waals surface area contributed by atoms with Crippen LogP contribution in [0.5, 0.6) is 0 Å². The van der Waals surface area contributed by atoms with Gasteiger partial charge in [0.1, 0.15) is 5.52 Å². The number of H-pyrrole nitrogens is 1. The van der Waals surface area contributed by atoms with Crippen molar-refractivity contribution in [1.29, 1.82) is 0 Å². The van der Waals surface area contributed by atoms with E-state index in [0.717, 1.165) is 31.7 Å². The Labute approximate surface area is 117 Å². The predicted molar refractivity (Wildman–Crippen MR) is 78.5 cm³/mol. The van der Waals surface area contributed by atoms with Gasteiger partial charge in [0.05, 0.1) is 6.33 Å². The summed E-state index contributed by atoms with van der Waals surface area (Å²) >= 11 is 0. The first-order chi connectivity index (χ1) is 9.63. The number of likely N-dealkylation sites (N-methyl/N-ethyl adjacent to an activating group) is 2. The maximum atomic E-state index is 5.71. The van der Waals surface area contributed by atoms with Crippen molar-refractivity contribution >= 4 is 22.9 Å². The molecule has 108 valence electrons. The molecule has 4 N–H and O–H groups in total. The van der Waals surface area contributed by atoms with Crippen molar-refractivity contribution in [2.45, 2.75) is 6.04 Å². The molecule has 0 radical (unpaired) electrons. The standard InChI is InChI=1S/C12H20N8/c1-19-3-4-20(2)8(6-19)5-14-10-9-11(16-7-15-9)18-12(13)17-10/h7-8H,3-6H2,1-2H3,(H4,13,14,15,16,17,18). The van der Waals surface area contributed by atoms with E-state index in [-0.39, 0.29) is 5.95 Å². The van der Waals surface area contributed by atoms with E-state index in [9.17, 15) is 0 Å². The molecule has 20 heavy (non-hydrogen) atoms. The van der Waals surface area contributed by atoms with Gasteiger partial charge in [0.2, 0.25) is 5.95 Å². The van der Waals surface area contributed by atoms with Crippen molar-refractivity contribution < 1.29 is 0 Å². The van der Waals surface area contributed by atoms with Crippen LogP contribution in [-0.2, 0) is 0 Å². The summed E-state index contributed by atoms with van der Waals surface area (Å²) in [6, 6.07) is 0.447. The molecule has 0 amide bonds. The second-order valence-electron chi connectivity index (χ2n) is 5.31. The van der Waals surface area contributed by atoms with Gasteiger partial charge in [-0.2, -0.15) is 9.97 Å². The minimum Gasteiger partial charge on any atom is -0.368 e. The summed E-state index contributed by atoms with van der Waals surface area (Å²) in [6.45, 7) is 4.04. The number of anilines is 2.